The fourth-order valence-corrected chi connectivity index (χ4v) is 3.66. The first-order chi connectivity index (χ1) is 11.7. The van der Waals surface area contributed by atoms with Crippen molar-refractivity contribution in [3.8, 4) is 5.69 Å². The van der Waals surface area contributed by atoms with Crippen molar-refractivity contribution in [2.45, 2.75) is 33.2 Å². The van der Waals surface area contributed by atoms with Gasteiger partial charge in [0.2, 0.25) is 0 Å². The van der Waals surface area contributed by atoms with E-state index in [1.807, 2.05) is 18.2 Å². The molecule has 0 bridgehead atoms. The summed E-state index contributed by atoms with van der Waals surface area (Å²) >= 11 is 0. The molecule has 0 unspecified atom stereocenters. The Labute approximate surface area is 142 Å². The molecule has 122 valence electrons. The van der Waals surface area contributed by atoms with Crippen LogP contribution in [0.4, 0.5) is 5.69 Å². The van der Waals surface area contributed by atoms with Gasteiger partial charge in [0, 0.05) is 17.9 Å². The second kappa shape index (κ2) is 6.11. The molecule has 4 heteroatoms. The average Bonchev–Trinajstić information content (AvgIpc) is 3.04. The number of nitrogens with zero attached hydrogens (tertiary/aromatic N) is 4. The predicted octanol–water partition coefficient (Wildman–Crippen LogP) is 3.84. The van der Waals surface area contributed by atoms with Crippen molar-refractivity contribution in [2.75, 3.05) is 11.4 Å². The Balaban J connectivity index is 1.68. The number of para-hydroxylation sites is 1. The van der Waals surface area contributed by atoms with Crippen LogP contribution in [0.3, 0.4) is 0 Å². The average molecular weight is 318 g/mol. The molecule has 4 nitrogen and oxygen atoms in total. The van der Waals surface area contributed by atoms with Gasteiger partial charge in [-0.15, -0.1) is 10.2 Å². The fraction of sp³-hybridized carbons (Fsp3) is 0.300. The molecule has 1 aliphatic heterocycles. The molecule has 4 rings (SSSR count). The number of rotatable bonds is 3. The molecule has 0 aliphatic carbocycles. The van der Waals surface area contributed by atoms with E-state index in [2.05, 4.69) is 57.8 Å². The Morgan fingerprint density at radius 3 is 2.75 bits per heavy atom. The Kier molecular flexibility index (Phi) is 3.81. The van der Waals surface area contributed by atoms with E-state index in [1.165, 1.54) is 35.2 Å². The van der Waals surface area contributed by atoms with Crippen LogP contribution in [0.2, 0.25) is 0 Å². The zero-order valence-electron chi connectivity index (χ0n) is 14.2. The molecule has 2 aromatic carbocycles. The van der Waals surface area contributed by atoms with Gasteiger partial charge >= 0.3 is 0 Å². The summed E-state index contributed by atoms with van der Waals surface area (Å²) in [6, 6.07) is 14.9. The van der Waals surface area contributed by atoms with Gasteiger partial charge in [0.15, 0.2) is 5.82 Å². The first kappa shape index (κ1) is 14.9. The summed E-state index contributed by atoms with van der Waals surface area (Å²) in [6.07, 6.45) is 4.16. The fourth-order valence-electron chi connectivity index (χ4n) is 3.66. The Hall–Kier alpha value is -2.62. The topological polar surface area (TPSA) is 34.0 Å². The zero-order chi connectivity index (χ0) is 16.5. The van der Waals surface area contributed by atoms with Crippen LogP contribution < -0.4 is 4.90 Å². The summed E-state index contributed by atoms with van der Waals surface area (Å²) in [7, 11) is 0. The number of fused-ring (bicyclic) bond motifs is 1. The lowest BCUT2D eigenvalue weighted by molar-refractivity contribution is 0.664. The maximum Gasteiger partial charge on any atom is 0.156 e. The van der Waals surface area contributed by atoms with Crippen LogP contribution in [0.25, 0.3) is 5.69 Å². The Bertz CT molecular complexity index is 851. The van der Waals surface area contributed by atoms with Gasteiger partial charge in [-0.05, 0) is 61.6 Å². The van der Waals surface area contributed by atoms with Gasteiger partial charge in [0.05, 0.1) is 6.54 Å². The quantitative estimate of drug-likeness (QED) is 0.736. The first-order valence-electron chi connectivity index (χ1n) is 8.52. The molecule has 1 aromatic heterocycles. The number of aryl methyl sites for hydroxylation is 2. The molecule has 0 radical (unpaired) electrons. The second-order valence-electron chi connectivity index (χ2n) is 6.56. The summed E-state index contributed by atoms with van der Waals surface area (Å²) < 4.78 is 2.08. The van der Waals surface area contributed by atoms with E-state index >= 15 is 0 Å². The summed E-state index contributed by atoms with van der Waals surface area (Å²) in [5, 5.41) is 8.52. The molecule has 0 N–H and O–H groups in total. The van der Waals surface area contributed by atoms with E-state index in [-0.39, 0.29) is 0 Å². The largest absolute Gasteiger partial charge is 0.364 e. The molecule has 0 amide bonds. The maximum absolute atomic E-state index is 4.38. The predicted molar refractivity (Wildman–Crippen MR) is 96.6 cm³/mol. The van der Waals surface area contributed by atoms with Crippen molar-refractivity contribution in [1.82, 2.24) is 14.8 Å². The van der Waals surface area contributed by atoms with Gasteiger partial charge in [-0.3, -0.25) is 4.57 Å². The molecule has 0 spiro atoms. The first-order valence-corrected chi connectivity index (χ1v) is 8.52. The van der Waals surface area contributed by atoms with Crippen molar-refractivity contribution in [3.63, 3.8) is 0 Å². The molecular weight excluding hydrogens is 296 g/mol. The van der Waals surface area contributed by atoms with Gasteiger partial charge < -0.3 is 4.90 Å². The summed E-state index contributed by atoms with van der Waals surface area (Å²) in [6.45, 7) is 6.25. The molecule has 1 aliphatic rings. The summed E-state index contributed by atoms with van der Waals surface area (Å²) in [4.78, 5) is 2.45. The van der Waals surface area contributed by atoms with Crippen molar-refractivity contribution in [2.24, 2.45) is 0 Å². The van der Waals surface area contributed by atoms with Crippen molar-refractivity contribution in [1.29, 1.82) is 0 Å². The van der Waals surface area contributed by atoms with Gasteiger partial charge in [0.1, 0.15) is 6.33 Å². The molecule has 3 aromatic rings. The monoisotopic (exact) mass is 318 g/mol. The normalized spacial score (nSPS) is 13.8. The van der Waals surface area contributed by atoms with Crippen LogP contribution in [0.1, 0.15) is 28.9 Å². The SMILES string of the molecule is Cc1cc(C)c2c(c1)N(Cc1nncn1-c1ccccc1)CCC2. The molecule has 2 heterocycles. The highest BCUT2D eigenvalue weighted by atomic mass is 15.3. The summed E-state index contributed by atoms with van der Waals surface area (Å²) in [5.41, 5.74) is 6.68. The van der Waals surface area contributed by atoms with Crippen molar-refractivity contribution >= 4 is 5.69 Å². The molecule has 0 saturated carbocycles. The van der Waals surface area contributed by atoms with E-state index < -0.39 is 0 Å². The number of hydrogen-bond donors (Lipinski definition) is 0. The number of benzene rings is 2. The van der Waals surface area contributed by atoms with Gasteiger partial charge in [-0.1, -0.05) is 24.3 Å². The summed E-state index contributed by atoms with van der Waals surface area (Å²) in [5.74, 6) is 0.980. The minimum absolute atomic E-state index is 0.783. The number of hydrogen-bond acceptors (Lipinski definition) is 3. The third-order valence-corrected chi connectivity index (χ3v) is 4.77. The van der Waals surface area contributed by atoms with Crippen molar-refractivity contribution < 1.29 is 0 Å². The molecule has 0 saturated heterocycles. The van der Waals surface area contributed by atoms with Gasteiger partial charge in [-0.2, -0.15) is 0 Å². The highest BCUT2D eigenvalue weighted by Gasteiger charge is 2.21. The van der Waals surface area contributed by atoms with Crippen LogP contribution >= 0.6 is 0 Å². The molecule has 0 fully saturated rings. The molecular formula is C20H22N4. The van der Waals surface area contributed by atoms with Gasteiger partial charge in [-0.25, -0.2) is 0 Å². The van der Waals surface area contributed by atoms with Crippen LogP contribution in [0.15, 0.2) is 48.8 Å². The maximum atomic E-state index is 4.38. The molecule has 0 atom stereocenters. The Morgan fingerprint density at radius 2 is 1.92 bits per heavy atom. The van der Waals surface area contributed by atoms with E-state index in [4.69, 9.17) is 0 Å². The minimum atomic E-state index is 0.783. The smallest absolute Gasteiger partial charge is 0.156 e. The van der Waals surface area contributed by atoms with Crippen LogP contribution in [-0.4, -0.2) is 21.3 Å². The van der Waals surface area contributed by atoms with E-state index in [0.29, 0.717) is 0 Å². The lowest BCUT2D eigenvalue weighted by Gasteiger charge is -2.32. The Morgan fingerprint density at radius 1 is 1.08 bits per heavy atom. The van der Waals surface area contributed by atoms with Crippen LogP contribution in [0, 0.1) is 13.8 Å². The van der Waals surface area contributed by atoms with Crippen LogP contribution in [0.5, 0.6) is 0 Å². The lowest BCUT2D eigenvalue weighted by atomic mass is 9.95. The standard InChI is InChI=1S/C20H22N4/c1-15-11-16(2)18-9-6-10-23(19(18)12-15)13-20-22-21-14-24(20)17-7-4-3-5-8-17/h3-5,7-8,11-12,14H,6,9-10,13H2,1-2H3. The van der Waals surface area contributed by atoms with E-state index in [1.54, 1.807) is 6.33 Å². The van der Waals surface area contributed by atoms with Crippen molar-refractivity contribution in [3.05, 3.63) is 71.3 Å². The molecule has 24 heavy (non-hydrogen) atoms. The highest BCUT2D eigenvalue weighted by Crippen LogP contribution is 2.32. The lowest BCUT2D eigenvalue weighted by Crippen LogP contribution is -2.30. The van der Waals surface area contributed by atoms with E-state index in [0.717, 1.165) is 24.6 Å². The van der Waals surface area contributed by atoms with Crippen LogP contribution in [-0.2, 0) is 13.0 Å². The number of anilines is 1. The number of aromatic nitrogens is 3. The third-order valence-electron chi connectivity index (χ3n) is 4.77. The third kappa shape index (κ3) is 2.68. The van der Waals surface area contributed by atoms with E-state index in [9.17, 15) is 0 Å². The second-order valence-corrected chi connectivity index (χ2v) is 6.56. The highest BCUT2D eigenvalue weighted by molar-refractivity contribution is 5.60. The zero-order valence-corrected chi connectivity index (χ0v) is 14.2. The minimum Gasteiger partial charge on any atom is -0.364 e. The van der Waals surface area contributed by atoms with Gasteiger partial charge in [0.25, 0.3) is 0 Å².